The maximum atomic E-state index is 13.0. The lowest BCUT2D eigenvalue weighted by Gasteiger charge is -2.43. The van der Waals surface area contributed by atoms with Gasteiger partial charge in [0, 0.05) is 6.26 Å². The van der Waals surface area contributed by atoms with Gasteiger partial charge >= 0.3 is 6.18 Å². The highest BCUT2D eigenvalue weighted by atomic mass is 32.2. The fraction of sp³-hybridized carbons (Fsp3) is 0.333. The van der Waals surface area contributed by atoms with Crippen LogP contribution in [-0.4, -0.2) is 40.1 Å². The number of aliphatic hydroxyl groups is 1. The van der Waals surface area contributed by atoms with Gasteiger partial charge in [-0.25, -0.2) is 18.1 Å². The Hall–Kier alpha value is -2.92. The Bertz CT molecular complexity index is 1160. The lowest BCUT2D eigenvalue weighted by Crippen LogP contribution is -2.54. The number of sulfone groups is 1. The van der Waals surface area contributed by atoms with Crippen molar-refractivity contribution in [3.8, 4) is 5.75 Å². The standard InChI is InChI=1S/C21H22F3N3O4S/c1-19(2,31-17-8-10-18(11-9-17)32(3,29)30)20(28,12-27-14-25-13-26-27)15-4-6-16(7-5-15)21(22,23)24/h4-11,13-14,28H,12H2,1-3H3. The van der Waals surface area contributed by atoms with Crippen molar-refractivity contribution in [2.24, 2.45) is 0 Å². The minimum absolute atomic E-state index is 0.100. The van der Waals surface area contributed by atoms with Crippen LogP contribution in [0.25, 0.3) is 0 Å². The van der Waals surface area contributed by atoms with E-state index in [4.69, 9.17) is 4.74 Å². The molecule has 11 heteroatoms. The van der Waals surface area contributed by atoms with Crippen LogP contribution >= 0.6 is 0 Å². The van der Waals surface area contributed by atoms with Crippen molar-refractivity contribution in [3.05, 3.63) is 72.3 Å². The highest BCUT2D eigenvalue weighted by Gasteiger charge is 2.48. The molecule has 0 aliphatic rings. The van der Waals surface area contributed by atoms with Crippen molar-refractivity contribution in [1.29, 1.82) is 0 Å². The second kappa shape index (κ2) is 8.21. The lowest BCUT2D eigenvalue weighted by molar-refractivity contribution is -0.138. The van der Waals surface area contributed by atoms with E-state index >= 15 is 0 Å². The largest absolute Gasteiger partial charge is 0.484 e. The summed E-state index contributed by atoms with van der Waals surface area (Å²) in [6.45, 7) is 2.99. The van der Waals surface area contributed by atoms with Gasteiger partial charge in [-0.1, -0.05) is 12.1 Å². The SMILES string of the molecule is CC(C)(Oc1ccc(S(C)(=O)=O)cc1)C(O)(Cn1cncn1)c1ccc(C(F)(F)F)cc1. The van der Waals surface area contributed by atoms with E-state index in [1.165, 1.54) is 53.7 Å². The van der Waals surface area contributed by atoms with Crippen LogP contribution in [0.3, 0.4) is 0 Å². The molecule has 0 spiro atoms. The molecule has 0 amide bonds. The van der Waals surface area contributed by atoms with E-state index in [9.17, 15) is 26.7 Å². The maximum Gasteiger partial charge on any atom is 0.416 e. The summed E-state index contributed by atoms with van der Waals surface area (Å²) in [6.07, 6.45) is -0.804. The van der Waals surface area contributed by atoms with Crippen LogP contribution in [0, 0.1) is 0 Å². The highest BCUT2D eigenvalue weighted by Crippen LogP contribution is 2.39. The number of halogens is 3. The van der Waals surface area contributed by atoms with Crippen molar-refractivity contribution in [2.45, 2.75) is 42.7 Å². The fourth-order valence-electron chi connectivity index (χ4n) is 3.25. The smallest absolute Gasteiger partial charge is 0.416 e. The number of benzene rings is 2. The summed E-state index contributed by atoms with van der Waals surface area (Å²) in [5.41, 5.74) is -3.88. The molecule has 0 saturated carbocycles. The molecule has 1 heterocycles. The monoisotopic (exact) mass is 469 g/mol. The second-order valence-corrected chi connectivity index (χ2v) is 9.90. The van der Waals surface area contributed by atoms with Gasteiger partial charge < -0.3 is 9.84 Å². The maximum absolute atomic E-state index is 13.0. The average Bonchev–Trinajstić information content (AvgIpc) is 3.19. The Labute approximate surface area is 183 Å². The zero-order chi connectivity index (χ0) is 23.8. The van der Waals surface area contributed by atoms with Crippen LogP contribution in [-0.2, 0) is 28.2 Å². The Morgan fingerprint density at radius 2 is 1.56 bits per heavy atom. The van der Waals surface area contributed by atoms with Crippen molar-refractivity contribution in [3.63, 3.8) is 0 Å². The second-order valence-electron chi connectivity index (χ2n) is 7.88. The first-order valence-electron chi connectivity index (χ1n) is 9.44. The zero-order valence-electron chi connectivity index (χ0n) is 17.5. The zero-order valence-corrected chi connectivity index (χ0v) is 18.4. The van der Waals surface area contributed by atoms with E-state index in [0.29, 0.717) is 0 Å². The van der Waals surface area contributed by atoms with Gasteiger partial charge in [0.2, 0.25) is 0 Å². The van der Waals surface area contributed by atoms with Crippen molar-refractivity contribution in [2.75, 3.05) is 6.26 Å². The van der Waals surface area contributed by atoms with Gasteiger partial charge in [-0.2, -0.15) is 18.3 Å². The minimum Gasteiger partial charge on any atom is -0.484 e. The number of rotatable bonds is 7. The van der Waals surface area contributed by atoms with Crippen LogP contribution in [0.2, 0.25) is 0 Å². The summed E-state index contributed by atoms with van der Waals surface area (Å²) in [5, 5.41) is 15.7. The van der Waals surface area contributed by atoms with Gasteiger partial charge in [-0.3, -0.25) is 0 Å². The van der Waals surface area contributed by atoms with Crippen LogP contribution in [0.4, 0.5) is 13.2 Å². The first kappa shape index (κ1) is 23.7. The Morgan fingerprint density at radius 3 is 2.03 bits per heavy atom. The summed E-state index contributed by atoms with van der Waals surface area (Å²) >= 11 is 0. The molecule has 172 valence electrons. The Balaban J connectivity index is 2.00. The first-order chi connectivity index (χ1) is 14.7. The molecule has 0 aliphatic carbocycles. The third-order valence-corrected chi connectivity index (χ3v) is 6.30. The molecule has 7 nitrogen and oxygen atoms in total. The van der Waals surface area contributed by atoms with Crippen LogP contribution in [0.5, 0.6) is 5.75 Å². The average molecular weight is 469 g/mol. The van der Waals surface area contributed by atoms with Gasteiger partial charge in [0.15, 0.2) is 9.84 Å². The number of hydrogen-bond donors (Lipinski definition) is 1. The van der Waals surface area contributed by atoms with E-state index in [-0.39, 0.29) is 22.8 Å². The van der Waals surface area contributed by atoms with Crippen molar-refractivity contribution < 1.29 is 31.4 Å². The molecule has 1 atom stereocenters. The molecule has 0 bridgehead atoms. The molecule has 3 aromatic rings. The molecule has 0 fully saturated rings. The van der Waals surface area contributed by atoms with Gasteiger partial charge in [0.25, 0.3) is 0 Å². The molecule has 1 N–H and O–H groups in total. The third kappa shape index (κ3) is 4.94. The van der Waals surface area contributed by atoms with E-state index in [0.717, 1.165) is 18.4 Å². The molecule has 0 radical (unpaired) electrons. The number of nitrogens with zero attached hydrogens (tertiary/aromatic N) is 3. The number of ether oxygens (including phenoxy) is 1. The third-order valence-electron chi connectivity index (χ3n) is 5.17. The highest BCUT2D eigenvalue weighted by molar-refractivity contribution is 7.90. The molecule has 0 aliphatic heterocycles. The number of aromatic nitrogens is 3. The van der Waals surface area contributed by atoms with Crippen LogP contribution in [0.1, 0.15) is 25.0 Å². The Kier molecular flexibility index (Phi) is 6.09. The molecular weight excluding hydrogens is 447 g/mol. The van der Waals surface area contributed by atoms with E-state index in [2.05, 4.69) is 10.1 Å². The van der Waals surface area contributed by atoms with Crippen molar-refractivity contribution in [1.82, 2.24) is 14.8 Å². The summed E-state index contributed by atoms with van der Waals surface area (Å²) in [4.78, 5) is 3.94. The number of alkyl halides is 3. The summed E-state index contributed by atoms with van der Waals surface area (Å²) < 4.78 is 69.7. The van der Waals surface area contributed by atoms with Gasteiger partial charge in [-0.05, 0) is 55.8 Å². The van der Waals surface area contributed by atoms with Crippen LogP contribution < -0.4 is 4.74 Å². The predicted molar refractivity (Wildman–Crippen MR) is 110 cm³/mol. The molecule has 0 saturated heterocycles. The van der Waals surface area contributed by atoms with E-state index in [1.807, 2.05) is 0 Å². The molecule has 1 aromatic heterocycles. The van der Waals surface area contributed by atoms with Crippen molar-refractivity contribution >= 4 is 9.84 Å². The van der Waals surface area contributed by atoms with E-state index < -0.39 is 32.8 Å². The van der Waals surface area contributed by atoms with E-state index in [1.54, 1.807) is 13.8 Å². The number of hydrogen-bond acceptors (Lipinski definition) is 6. The molecule has 1 unspecified atom stereocenters. The van der Waals surface area contributed by atoms with Gasteiger partial charge in [0.1, 0.15) is 29.6 Å². The fourth-order valence-corrected chi connectivity index (χ4v) is 3.88. The molecule has 2 aromatic carbocycles. The van der Waals surface area contributed by atoms with Gasteiger partial charge in [-0.15, -0.1) is 0 Å². The summed E-state index contributed by atoms with van der Waals surface area (Å²) in [7, 11) is -3.40. The minimum atomic E-state index is -4.52. The quantitative estimate of drug-likeness (QED) is 0.570. The molecule has 3 rings (SSSR count). The predicted octanol–water partition coefficient (Wildman–Crippen LogP) is 3.45. The van der Waals surface area contributed by atoms with Crippen LogP contribution in [0.15, 0.2) is 66.1 Å². The summed E-state index contributed by atoms with van der Waals surface area (Å²) in [6, 6.07) is 9.79. The lowest BCUT2D eigenvalue weighted by atomic mass is 9.79. The first-order valence-corrected chi connectivity index (χ1v) is 11.3. The van der Waals surface area contributed by atoms with Gasteiger partial charge in [0.05, 0.1) is 17.0 Å². The molecule has 32 heavy (non-hydrogen) atoms. The molecular formula is C21H22F3N3O4S. The normalized spacial score (nSPS) is 14.7. The Morgan fingerprint density at radius 1 is 1.00 bits per heavy atom. The topological polar surface area (TPSA) is 94.3 Å². The summed E-state index contributed by atoms with van der Waals surface area (Å²) in [5.74, 6) is 0.270.